The molecule has 1 aromatic carbocycles. The number of carbonyl (C=O) groups excluding carboxylic acids is 2. The van der Waals surface area contributed by atoms with Gasteiger partial charge < -0.3 is 10.2 Å². The quantitative estimate of drug-likeness (QED) is 0.571. The molecule has 7 heteroatoms. The summed E-state index contributed by atoms with van der Waals surface area (Å²) in [5.41, 5.74) is 0.986. The molecule has 0 saturated heterocycles. The minimum atomic E-state index is -4.90. The van der Waals surface area contributed by atoms with E-state index in [1.54, 1.807) is 24.3 Å². The lowest BCUT2D eigenvalue weighted by atomic mass is 10.1. The van der Waals surface area contributed by atoms with E-state index >= 15 is 0 Å². The van der Waals surface area contributed by atoms with Gasteiger partial charge in [-0.1, -0.05) is 12.1 Å². The van der Waals surface area contributed by atoms with Gasteiger partial charge in [0, 0.05) is 31.6 Å². The largest absolute Gasteiger partial charge is 0.471 e. The van der Waals surface area contributed by atoms with Gasteiger partial charge in [0.05, 0.1) is 0 Å². The molecule has 1 rings (SSSR count). The van der Waals surface area contributed by atoms with Gasteiger partial charge in [0.25, 0.3) is 0 Å². The number of nitrogens with one attached hydrogen (secondary N) is 1. The molecular formula is C18H21F3N2O2. The molecule has 0 spiro atoms. The minimum absolute atomic E-state index is 0.0654. The van der Waals surface area contributed by atoms with Crippen molar-refractivity contribution < 1.29 is 22.8 Å². The highest BCUT2D eigenvalue weighted by molar-refractivity contribution is 5.90. The molecule has 0 radical (unpaired) electrons. The first-order chi connectivity index (χ1) is 11.8. The number of unbranched alkanes of at least 4 members (excludes halogenated alkanes) is 2. The first-order valence-corrected chi connectivity index (χ1v) is 7.96. The lowest BCUT2D eigenvalue weighted by Crippen LogP contribution is -2.40. The van der Waals surface area contributed by atoms with Crippen LogP contribution in [-0.4, -0.2) is 29.4 Å². The van der Waals surface area contributed by atoms with Crippen LogP contribution in [0.4, 0.5) is 18.9 Å². The van der Waals surface area contributed by atoms with Crippen molar-refractivity contribution in [3.8, 4) is 12.3 Å². The first-order valence-electron chi connectivity index (χ1n) is 7.96. The molecule has 0 bridgehead atoms. The zero-order chi connectivity index (χ0) is 18.9. The predicted octanol–water partition coefficient (Wildman–Crippen LogP) is 3.73. The van der Waals surface area contributed by atoms with Crippen LogP contribution < -0.4 is 5.32 Å². The van der Waals surface area contributed by atoms with Gasteiger partial charge in [-0.15, -0.1) is 12.3 Å². The van der Waals surface area contributed by atoms with Crippen molar-refractivity contribution in [1.29, 1.82) is 0 Å². The summed E-state index contributed by atoms with van der Waals surface area (Å²) in [6.07, 6.45) is 2.59. The van der Waals surface area contributed by atoms with Gasteiger partial charge in [-0.25, -0.2) is 0 Å². The number of terminal acetylenes is 1. The van der Waals surface area contributed by atoms with Gasteiger partial charge in [-0.2, -0.15) is 13.2 Å². The average Bonchev–Trinajstić information content (AvgIpc) is 2.55. The topological polar surface area (TPSA) is 49.4 Å². The first kappa shape index (κ1) is 20.6. The minimum Gasteiger partial charge on any atom is -0.331 e. The summed E-state index contributed by atoms with van der Waals surface area (Å²) in [5, 5.41) is 2.69. The maximum atomic E-state index is 12.6. The fourth-order valence-corrected chi connectivity index (χ4v) is 2.21. The number of anilines is 1. The fraction of sp³-hybridized carbons (Fsp3) is 0.444. The molecule has 0 aliphatic heterocycles. The molecule has 0 atom stereocenters. The Morgan fingerprint density at radius 1 is 1.28 bits per heavy atom. The molecule has 25 heavy (non-hydrogen) atoms. The molecule has 0 aliphatic carbocycles. The molecule has 0 aromatic heterocycles. The van der Waals surface area contributed by atoms with E-state index < -0.39 is 12.1 Å². The number of hydrogen-bond donors (Lipinski definition) is 1. The summed E-state index contributed by atoms with van der Waals surface area (Å²) in [4.78, 5) is 23.9. The van der Waals surface area contributed by atoms with Gasteiger partial charge in [0.2, 0.25) is 5.91 Å². The molecule has 0 aliphatic rings. The van der Waals surface area contributed by atoms with Gasteiger partial charge in [-0.05, 0) is 37.5 Å². The van der Waals surface area contributed by atoms with Gasteiger partial charge in [0.1, 0.15) is 0 Å². The highest BCUT2D eigenvalue weighted by atomic mass is 19.4. The molecule has 1 N–H and O–H groups in total. The van der Waals surface area contributed by atoms with Crippen LogP contribution in [0.1, 0.15) is 38.2 Å². The van der Waals surface area contributed by atoms with Crippen molar-refractivity contribution in [1.82, 2.24) is 4.90 Å². The summed E-state index contributed by atoms with van der Waals surface area (Å²) >= 11 is 0. The Kier molecular flexibility index (Phi) is 7.99. The zero-order valence-electron chi connectivity index (χ0n) is 14.0. The van der Waals surface area contributed by atoms with E-state index in [0.29, 0.717) is 35.4 Å². The number of rotatable bonds is 8. The van der Waals surface area contributed by atoms with Crippen molar-refractivity contribution in [3.05, 3.63) is 29.8 Å². The standard InChI is InChI=1S/C18H21F3N2O2/c1-3-5-6-7-11-16(24)22-15-10-8-9-14(12-15)13-23(4-2)17(25)18(19,20)21/h1,8-10,12H,4-7,11,13H2,2H3,(H,22,24). The molecule has 0 saturated carbocycles. The number of amides is 2. The molecule has 2 amide bonds. The van der Waals surface area contributed by atoms with E-state index in [4.69, 9.17) is 6.42 Å². The number of hydrogen-bond acceptors (Lipinski definition) is 2. The molecule has 136 valence electrons. The van der Waals surface area contributed by atoms with Crippen molar-refractivity contribution in [2.24, 2.45) is 0 Å². The summed E-state index contributed by atoms with van der Waals surface area (Å²) in [6.45, 7) is 1.23. The normalized spacial score (nSPS) is 10.8. The Bertz CT molecular complexity index is 636. The summed E-state index contributed by atoms with van der Waals surface area (Å²) in [6, 6.07) is 6.43. The number of benzene rings is 1. The third-order valence-corrected chi connectivity index (χ3v) is 3.47. The number of carbonyl (C=O) groups is 2. The second-order valence-corrected chi connectivity index (χ2v) is 5.48. The van der Waals surface area contributed by atoms with Crippen LogP contribution in [-0.2, 0) is 16.1 Å². The Morgan fingerprint density at radius 3 is 2.60 bits per heavy atom. The van der Waals surface area contributed by atoms with Crippen molar-refractivity contribution in [2.75, 3.05) is 11.9 Å². The highest BCUT2D eigenvalue weighted by Crippen LogP contribution is 2.21. The van der Waals surface area contributed by atoms with Crippen LogP contribution in [0.15, 0.2) is 24.3 Å². The van der Waals surface area contributed by atoms with Crippen molar-refractivity contribution >= 4 is 17.5 Å². The van der Waals surface area contributed by atoms with E-state index in [-0.39, 0.29) is 19.0 Å². The Labute approximate surface area is 145 Å². The molecule has 4 nitrogen and oxygen atoms in total. The molecule has 0 fully saturated rings. The second kappa shape index (κ2) is 9.72. The highest BCUT2D eigenvalue weighted by Gasteiger charge is 2.41. The van der Waals surface area contributed by atoms with E-state index in [1.807, 2.05) is 0 Å². The van der Waals surface area contributed by atoms with Crippen LogP contribution in [0.2, 0.25) is 0 Å². The van der Waals surface area contributed by atoms with Gasteiger partial charge in [0.15, 0.2) is 0 Å². The monoisotopic (exact) mass is 354 g/mol. The molecule has 0 unspecified atom stereocenters. The maximum Gasteiger partial charge on any atom is 0.471 e. The number of nitrogens with zero attached hydrogens (tertiary/aromatic N) is 1. The van der Waals surface area contributed by atoms with E-state index in [2.05, 4.69) is 11.2 Å². The van der Waals surface area contributed by atoms with Crippen LogP contribution >= 0.6 is 0 Å². The zero-order valence-corrected chi connectivity index (χ0v) is 14.0. The lowest BCUT2D eigenvalue weighted by molar-refractivity contribution is -0.185. The third-order valence-electron chi connectivity index (χ3n) is 3.47. The van der Waals surface area contributed by atoms with Crippen molar-refractivity contribution in [2.45, 2.75) is 45.3 Å². The lowest BCUT2D eigenvalue weighted by Gasteiger charge is -2.22. The third kappa shape index (κ3) is 7.29. The number of alkyl halides is 3. The Hall–Kier alpha value is -2.49. The molecule has 1 aromatic rings. The molecular weight excluding hydrogens is 333 g/mol. The van der Waals surface area contributed by atoms with E-state index in [1.165, 1.54) is 6.92 Å². The SMILES string of the molecule is C#CCCCCC(=O)Nc1cccc(CN(CC)C(=O)C(F)(F)F)c1. The van der Waals surface area contributed by atoms with E-state index in [9.17, 15) is 22.8 Å². The Balaban J connectivity index is 2.66. The van der Waals surface area contributed by atoms with Crippen LogP contribution in [0.25, 0.3) is 0 Å². The molecule has 0 heterocycles. The number of halogens is 3. The van der Waals surface area contributed by atoms with Crippen molar-refractivity contribution in [3.63, 3.8) is 0 Å². The smallest absolute Gasteiger partial charge is 0.331 e. The van der Waals surface area contributed by atoms with Crippen LogP contribution in [0.3, 0.4) is 0 Å². The van der Waals surface area contributed by atoms with Gasteiger partial charge in [-0.3, -0.25) is 9.59 Å². The Morgan fingerprint density at radius 2 is 2.00 bits per heavy atom. The van der Waals surface area contributed by atoms with E-state index in [0.717, 1.165) is 6.42 Å². The fourth-order valence-electron chi connectivity index (χ4n) is 2.21. The van der Waals surface area contributed by atoms with Crippen LogP contribution in [0.5, 0.6) is 0 Å². The summed E-state index contributed by atoms with van der Waals surface area (Å²) < 4.78 is 37.7. The maximum absolute atomic E-state index is 12.6. The van der Waals surface area contributed by atoms with Crippen LogP contribution in [0, 0.1) is 12.3 Å². The summed E-state index contributed by atoms with van der Waals surface area (Å²) in [7, 11) is 0. The second-order valence-electron chi connectivity index (χ2n) is 5.48. The van der Waals surface area contributed by atoms with Gasteiger partial charge >= 0.3 is 12.1 Å². The average molecular weight is 354 g/mol. The predicted molar refractivity (Wildman–Crippen MR) is 89.5 cm³/mol. The summed E-state index contributed by atoms with van der Waals surface area (Å²) in [5.74, 6) is 0.434.